The summed E-state index contributed by atoms with van der Waals surface area (Å²) in [5.41, 5.74) is 2.89. The number of amides is 2. The predicted molar refractivity (Wildman–Crippen MR) is 185 cm³/mol. The molecule has 7 heteroatoms. The maximum absolute atomic E-state index is 14.2. The number of hydrogen-bond donors (Lipinski definition) is 2. The van der Waals surface area contributed by atoms with E-state index in [0.717, 1.165) is 42.1 Å². The molecule has 0 aliphatic carbocycles. The van der Waals surface area contributed by atoms with Crippen LogP contribution in [0.3, 0.4) is 0 Å². The summed E-state index contributed by atoms with van der Waals surface area (Å²) in [5.74, 6) is 0.474. The van der Waals surface area contributed by atoms with Crippen molar-refractivity contribution in [1.29, 1.82) is 0 Å². The molecule has 2 saturated heterocycles. The van der Waals surface area contributed by atoms with Crippen LogP contribution in [-0.2, 0) is 16.1 Å². The maximum atomic E-state index is 14.2. The molecule has 2 aliphatic heterocycles. The quantitative estimate of drug-likeness (QED) is 0.127. The summed E-state index contributed by atoms with van der Waals surface area (Å²) in [4.78, 5) is 29.7. The molecule has 46 heavy (non-hydrogen) atoms. The largest absolute Gasteiger partial charge is 0.377 e. The van der Waals surface area contributed by atoms with Crippen molar-refractivity contribution in [1.82, 2.24) is 15.5 Å². The summed E-state index contributed by atoms with van der Waals surface area (Å²) in [7, 11) is 0. The number of carbonyl (C=O) groups excluding carboxylic acids is 2. The van der Waals surface area contributed by atoms with Crippen molar-refractivity contribution >= 4 is 34.2 Å². The Hall–Kier alpha value is -3.71. The van der Waals surface area contributed by atoms with Gasteiger partial charge in [0.2, 0.25) is 5.91 Å². The second-order valence-corrected chi connectivity index (χ2v) is 13.4. The van der Waals surface area contributed by atoms with E-state index in [1.165, 1.54) is 5.56 Å². The van der Waals surface area contributed by atoms with E-state index in [9.17, 15) is 9.59 Å². The van der Waals surface area contributed by atoms with Crippen LogP contribution in [-0.4, -0.2) is 55.0 Å². The smallest absolute Gasteiger partial charge is 0.251 e. The van der Waals surface area contributed by atoms with Gasteiger partial charge in [0.25, 0.3) is 5.91 Å². The van der Waals surface area contributed by atoms with Gasteiger partial charge in [0.15, 0.2) is 0 Å². The third-order valence-corrected chi connectivity index (χ3v) is 10.2. The van der Waals surface area contributed by atoms with Gasteiger partial charge in [-0.15, -0.1) is 0 Å². The normalized spacial score (nSPS) is 22.0. The molecule has 6 rings (SSSR count). The van der Waals surface area contributed by atoms with Crippen LogP contribution in [0.25, 0.3) is 10.8 Å². The summed E-state index contributed by atoms with van der Waals surface area (Å²) in [6.45, 7) is 6.05. The first kappa shape index (κ1) is 32.2. The van der Waals surface area contributed by atoms with Crippen LogP contribution in [0.1, 0.15) is 60.0 Å². The fourth-order valence-electron chi connectivity index (χ4n) is 7.03. The molecule has 2 N–H and O–H groups in total. The topological polar surface area (TPSA) is 80.6 Å². The van der Waals surface area contributed by atoms with E-state index in [-0.39, 0.29) is 35.1 Å². The number of fused-ring (bicyclic) bond motifs is 1. The zero-order valence-corrected chi connectivity index (χ0v) is 27.3. The minimum absolute atomic E-state index is 0.0800. The Bertz CT molecular complexity index is 1630. The van der Waals surface area contributed by atoms with E-state index in [2.05, 4.69) is 58.9 Å². The molecule has 4 aromatic carbocycles. The Morgan fingerprint density at radius 3 is 2.48 bits per heavy atom. The highest BCUT2D eigenvalue weighted by atomic mass is 35.5. The Morgan fingerprint density at radius 1 is 1.02 bits per heavy atom. The van der Waals surface area contributed by atoms with E-state index in [0.29, 0.717) is 49.9 Å². The van der Waals surface area contributed by atoms with Gasteiger partial charge in [-0.1, -0.05) is 91.3 Å². The summed E-state index contributed by atoms with van der Waals surface area (Å²) < 4.78 is 6.07. The lowest BCUT2D eigenvalue weighted by Gasteiger charge is -2.38. The van der Waals surface area contributed by atoms with Crippen molar-refractivity contribution in [2.45, 2.75) is 50.7 Å². The van der Waals surface area contributed by atoms with E-state index in [1.54, 1.807) is 0 Å². The Labute approximate surface area is 277 Å². The number of likely N-dealkylation sites (tertiary alicyclic amines) is 1. The van der Waals surface area contributed by atoms with Crippen molar-refractivity contribution in [2.75, 3.05) is 32.8 Å². The van der Waals surface area contributed by atoms with Gasteiger partial charge in [0.05, 0.1) is 6.61 Å². The first-order chi connectivity index (χ1) is 22.4. The van der Waals surface area contributed by atoms with Crippen LogP contribution in [0.2, 0.25) is 5.02 Å². The molecule has 0 saturated carbocycles. The van der Waals surface area contributed by atoms with Crippen molar-refractivity contribution in [3.63, 3.8) is 0 Å². The molecule has 240 valence electrons. The maximum Gasteiger partial charge on any atom is 0.251 e. The molecule has 4 atom stereocenters. The molecular formula is C39H44ClN3O3. The second-order valence-electron chi connectivity index (χ2n) is 12.9. The number of benzene rings is 4. The molecule has 0 aromatic heterocycles. The lowest BCUT2D eigenvalue weighted by Crippen LogP contribution is -2.49. The van der Waals surface area contributed by atoms with Crippen LogP contribution in [0, 0.1) is 11.8 Å². The fraction of sp³-hybridized carbons (Fsp3) is 0.385. The second kappa shape index (κ2) is 14.8. The Balaban J connectivity index is 1.16. The first-order valence-corrected chi connectivity index (χ1v) is 17.0. The summed E-state index contributed by atoms with van der Waals surface area (Å²) in [5, 5.41) is 9.56. The van der Waals surface area contributed by atoms with Crippen LogP contribution >= 0.6 is 11.6 Å². The lowest BCUT2D eigenvalue weighted by molar-refractivity contribution is -0.138. The first-order valence-electron chi connectivity index (χ1n) is 16.6. The average molecular weight is 638 g/mol. The molecule has 2 amide bonds. The van der Waals surface area contributed by atoms with Gasteiger partial charge < -0.3 is 20.3 Å². The van der Waals surface area contributed by atoms with E-state index < -0.39 is 0 Å². The van der Waals surface area contributed by atoms with Crippen LogP contribution in [0.5, 0.6) is 0 Å². The average Bonchev–Trinajstić information content (AvgIpc) is 3.87. The van der Waals surface area contributed by atoms with E-state index >= 15 is 0 Å². The van der Waals surface area contributed by atoms with Gasteiger partial charge >= 0.3 is 0 Å². The number of hydrogen-bond acceptors (Lipinski definition) is 4. The number of nitrogens with zero attached hydrogens (tertiary/aromatic N) is 1. The van der Waals surface area contributed by atoms with Crippen molar-refractivity contribution in [3.05, 3.63) is 119 Å². The molecule has 1 unspecified atom stereocenters. The van der Waals surface area contributed by atoms with Crippen molar-refractivity contribution < 1.29 is 14.3 Å². The van der Waals surface area contributed by atoms with Gasteiger partial charge in [0.1, 0.15) is 0 Å². The molecule has 2 fully saturated rings. The molecule has 6 nitrogen and oxygen atoms in total. The Kier molecular flexibility index (Phi) is 10.4. The Morgan fingerprint density at radius 2 is 1.74 bits per heavy atom. The highest BCUT2D eigenvalue weighted by Gasteiger charge is 2.52. The molecular weight excluding hydrogens is 594 g/mol. The number of ether oxygens (including phenoxy) is 1. The SMILES string of the molecule is CC[C@H](CN1CC[C@@H](CNC(=O)c2ccc3cc(Cl)ccc3c2)C2(CN2)C[C@@H](CCOCc2ccccc2)C1=O)c1ccccc1. The minimum Gasteiger partial charge on any atom is -0.377 e. The number of rotatable bonds is 12. The van der Waals surface area contributed by atoms with E-state index in [4.69, 9.17) is 16.3 Å². The summed E-state index contributed by atoms with van der Waals surface area (Å²) >= 11 is 6.16. The molecule has 0 radical (unpaired) electrons. The van der Waals surface area contributed by atoms with Gasteiger partial charge in [-0.3, -0.25) is 9.59 Å². The standard InChI is InChI=1S/C39H44ClN3O3/c1-2-29(30-11-7-4-8-12-30)25-43-19-17-35(24-41-37(44)33-14-13-32-22-36(40)16-15-31(32)21-33)39(27-42-39)23-34(38(43)45)18-20-46-26-28-9-5-3-6-10-28/h3-16,21-22,29,34-35,42H,2,17-20,23-27H2,1H3,(H,41,44)/t29-,34-,35+,39?/m1/s1. The van der Waals surface area contributed by atoms with E-state index in [1.807, 2.05) is 60.7 Å². The number of carbonyl (C=O) groups is 2. The lowest BCUT2D eigenvalue weighted by atomic mass is 9.78. The molecule has 1 spiro atoms. The highest BCUT2D eigenvalue weighted by Crippen LogP contribution is 2.40. The summed E-state index contributed by atoms with van der Waals surface area (Å²) in [6.07, 6.45) is 3.21. The van der Waals surface area contributed by atoms with Gasteiger partial charge in [-0.05, 0) is 77.8 Å². The summed E-state index contributed by atoms with van der Waals surface area (Å²) in [6, 6.07) is 32.1. The third kappa shape index (κ3) is 7.80. The van der Waals surface area contributed by atoms with Crippen molar-refractivity contribution in [3.8, 4) is 0 Å². The highest BCUT2D eigenvalue weighted by molar-refractivity contribution is 6.31. The fourth-order valence-corrected chi connectivity index (χ4v) is 7.21. The molecule has 4 aromatic rings. The van der Waals surface area contributed by atoms with Crippen LogP contribution < -0.4 is 10.6 Å². The monoisotopic (exact) mass is 637 g/mol. The number of nitrogens with one attached hydrogen (secondary N) is 2. The third-order valence-electron chi connectivity index (χ3n) is 9.93. The van der Waals surface area contributed by atoms with Crippen molar-refractivity contribution in [2.24, 2.45) is 11.8 Å². The predicted octanol–water partition coefficient (Wildman–Crippen LogP) is 7.22. The van der Waals surface area contributed by atoms with Gasteiger partial charge in [0, 0.05) is 60.7 Å². The minimum atomic E-state index is -0.150. The molecule has 2 heterocycles. The van der Waals surface area contributed by atoms with Gasteiger partial charge in [-0.2, -0.15) is 0 Å². The van der Waals surface area contributed by atoms with Crippen LogP contribution in [0.15, 0.2) is 97.1 Å². The molecule has 0 bridgehead atoms. The zero-order chi connectivity index (χ0) is 31.9. The number of halogens is 1. The molecule has 2 aliphatic rings. The zero-order valence-electron chi connectivity index (χ0n) is 26.6. The van der Waals surface area contributed by atoms with Crippen LogP contribution in [0.4, 0.5) is 0 Å². The van der Waals surface area contributed by atoms with Gasteiger partial charge in [-0.25, -0.2) is 0 Å².